The lowest BCUT2D eigenvalue weighted by Crippen LogP contribution is -2.47. The second-order valence-electron chi connectivity index (χ2n) is 10.1. The number of aldehydes is 1. The summed E-state index contributed by atoms with van der Waals surface area (Å²) in [7, 11) is 0. The molecule has 8 nitrogen and oxygen atoms in total. The van der Waals surface area contributed by atoms with Crippen LogP contribution in [0.3, 0.4) is 0 Å². The van der Waals surface area contributed by atoms with E-state index in [1.807, 2.05) is 37.3 Å². The summed E-state index contributed by atoms with van der Waals surface area (Å²) in [6, 6.07) is 8.43. The maximum Gasteiger partial charge on any atom is 0.435 e. The number of halogens is 3. The number of aromatic nitrogens is 3. The number of piperidine rings is 1. The molecule has 0 radical (unpaired) electrons. The van der Waals surface area contributed by atoms with Crippen molar-refractivity contribution in [3.8, 4) is 0 Å². The molecule has 40 heavy (non-hydrogen) atoms. The minimum absolute atomic E-state index is 0.0351. The zero-order valence-electron chi connectivity index (χ0n) is 22.0. The third kappa shape index (κ3) is 5.32. The van der Waals surface area contributed by atoms with Gasteiger partial charge in [0, 0.05) is 29.6 Å². The SMILES string of the molecule is Cc1sc(C2CCN(C(=O)Cn3nc(C(F)(F)F)cc3C)CC2)nc1C(=O)N[C@]1(C=O)C=CCc2ccccc21. The lowest BCUT2D eigenvalue weighted by Gasteiger charge is -2.31. The Hall–Kier alpha value is -3.80. The molecule has 12 heteroatoms. The van der Waals surface area contributed by atoms with Crippen molar-refractivity contribution in [2.75, 3.05) is 13.1 Å². The number of aryl methyl sites for hydroxylation is 2. The summed E-state index contributed by atoms with van der Waals surface area (Å²) >= 11 is 1.42. The highest BCUT2D eigenvalue weighted by atomic mass is 32.1. The Kier molecular flexibility index (Phi) is 7.38. The van der Waals surface area contributed by atoms with Gasteiger partial charge in [-0.25, -0.2) is 4.98 Å². The number of benzene rings is 1. The lowest BCUT2D eigenvalue weighted by atomic mass is 9.82. The molecule has 1 N–H and O–H groups in total. The normalized spacial score (nSPS) is 19.4. The smallest absolute Gasteiger partial charge is 0.341 e. The van der Waals surface area contributed by atoms with Gasteiger partial charge < -0.3 is 10.2 Å². The highest BCUT2D eigenvalue weighted by molar-refractivity contribution is 7.12. The number of allylic oxidation sites excluding steroid dienone is 1. The van der Waals surface area contributed by atoms with E-state index in [9.17, 15) is 27.6 Å². The molecule has 2 aromatic heterocycles. The van der Waals surface area contributed by atoms with Crippen LogP contribution in [0.2, 0.25) is 0 Å². The van der Waals surface area contributed by atoms with Gasteiger partial charge in [0.05, 0.1) is 5.01 Å². The number of nitrogens with zero attached hydrogens (tertiary/aromatic N) is 4. The molecule has 1 fully saturated rings. The number of thiazole rings is 1. The average Bonchev–Trinajstić information content (AvgIpc) is 3.51. The zero-order chi connectivity index (χ0) is 28.7. The molecule has 0 spiro atoms. The molecule has 1 saturated heterocycles. The van der Waals surface area contributed by atoms with Crippen molar-refractivity contribution in [2.24, 2.45) is 0 Å². The van der Waals surface area contributed by atoms with Gasteiger partial charge in [0.1, 0.15) is 17.8 Å². The van der Waals surface area contributed by atoms with E-state index in [0.29, 0.717) is 32.4 Å². The molecule has 210 valence electrons. The van der Waals surface area contributed by atoms with Crippen molar-refractivity contribution in [3.63, 3.8) is 0 Å². The van der Waals surface area contributed by atoms with E-state index in [1.165, 1.54) is 18.3 Å². The Labute approximate surface area is 232 Å². The molecule has 1 aliphatic carbocycles. The summed E-state index contributed by atoms with van der Waals surface area (Å²) in [6.07, 6.45) is 1.66. The van der Waals surface area contributed by atoms with Gasteiger partial charge >= 0.3 is 6.18 Å². The van der Waals surface area contributed by atoms with Crippen LogP contribution in [-0.2, 0) is 34.3 Å². The number of amides is 2. The molecule has 1 aromatic carbocycles. The quantitative estimate of drug-likeness (QED) is 0.351. The van der Waals surface area contributed by atoms with Gasteiger partial charge in [-0.15, -0.1) is 11.3 Å². The fraction of sp³-hybridized carbons (Fsp3) is 0.393. The first-order chi connectivity index (χ1) is 19.0. The molecule has 3 aromatic rings. The number of alkyl halides is 3. The van der Waals surface area contributed by atoms with E-state index in [0.717, 1.165) is 38.0 Å². The molecule has 2 amide bonds. The van der Waals surface area contributed by atoms with Crippen molar-refractivity contribution in [1.82, 2.24) is 25.0 Å². The number of hydrogen-bond donors (Lipinski definition) is 1. The van der Waals surface area contributed by atoms with Crippen molar-refractivity contribution >= 4 is 29.4 Å². The predicted octanol–water partition coefficient (Wildman–Crippen LogP) is 4.32. The third-order valence-electron chi connectivity index (χ3n) is 7.47. The van der Waals surface area contributed by atoms with E-state index >= 15 is 0 Å². The molecule has 1 atom stereocenters. The van der Waals surface area contributed by atoms with E-state index in [-0.39, 0.29) is 29.8 Å². The van der Waals surface area contributed by atoms with Crippen molar-refractivity contribution in [3.05, 3.63) is 80.6 Å². The average molecular weight is 572 g/mol. The summed E-state index contributed by atoms with van der Waals surface area (Å²) in [5, 5.41) is 7.22. The fourth-order valence-corrected chi connectivity index (χ4v) is 6.35. The Balaban J connectivity index is 1.23. The van der Waals surface area contributed by atoms with Crippen LogP contribution in [0.5, 0.6) is 0 Å². The molecule has 0 saturated carbocycles. The Morgan fingerprint density at radius 1 is 1.20 bits per heavy atom. The van der Waals surface area contributed by atoms with Crippen LogP contribution in [0.4, 0.5) is 13.2 Å². The van der Waals surface area contributed by atoms with Gasteiger partial charge in [-0.2, -0.15) is 18.3 Å². The van der Waals surface area contributed by atoms with E-state index in [2.05, 4.69) is 15.4 Å². The third-order valence-corrected chi connectivity index (χ3v) is 8.60. The molecular formula is C28H28F3N5O3S. The standard InChI is InChI=1S/C28H28F3N5O3S/c1-17-14-22(28(29,30)31)34-36(17)15-23(38)35-12-9-20(10-13-35)26-32-24(18(2)40-26)25(39)33-27(16-37)11-5-7-19-6-3-4-8-21(19)27/h3-6,8,11,14,16,20H,7,9-10,12-13,15H2,1-2H3,(H,33,39)/t27-/m0/s1. The topological polar surface area (TPSA) is 97.2 Å². The summed E-state index contributed by atoms with van der Waals surface area (Å²) < 4.78 is 39.9. The van der Waals surface area contributed by atoms with Crippen molar-refractivity contribution in [2.45, 2.75) is 57.3 Å². The molecular weight excluding hydrogens is 543 g/mol. The second kappa shape index (κ2) is 10.6. The summed E-state index contributed by atoms with van der Waals surface area (Å²) in [5.74, 6) is -0.699. The van der Waals surface area contributed by atoms with Gasteiger partial charge in [0.15, 0.2) is 12.0 Å². The molecule has 1 aliphatic heterocycles. The van der Waals surface area contributed by atoms with Crippen LogP contribution >= 0.6 is 11.3 Å². The number of likely N-dealkylation sites (tertiary alicyclic amines) is 1. The van der Waals surface area contributed by atoms with Gasteiger partial charge in [0.2, 0.25) is 5.91 Å². The molecule has 0 unspecified atom stereocenters. The summed E-state index contributed by atoms with van der Waals surface area (Å²) in [6.45, 7) is 3.89. The molecule has 0 bridgehead atoms. The maximum atomic E-state index is 13.3. The van der Waals surface area contributed by atoms with Crippen LogP contribution < -0.4 is 5.32 Å². The number of rotatable bonds is 6. The number of carbonyl (C=O) groups excluding carboxylic acids is 3. The maximum absolute atomic E-state index is 13.3. The van der Waals surface area contributed by atoms with Crippen LogP contribution in [0.15, 0.2) is 42.5 Å². The van der Waals surface area contributed by atoms with Crippen molar-refractivity contribution in [1.29, 1.82) is 0 Å². The Morgan fingerprint density at radius 3 is 2.60 bits per heavy atom. The molecule has 5 rings (SSSR count). The first-order valence-corrected chi connectivity index (χ1v) is 13.7. The second-order valence-corrected chi connectivity index (χ2v) is 11.4. The van der Waals surface area contributed by atoms with Crippen molar-refractivity contribution < 1.29 is 27.6 Å². The number of nitrogens with one attached hydrogen (secondary N) is 1. The minimum Gasteiger partial charge on any atom is -0.341 e. The number of hydrogen-bond acceptors (Lipinski definition) is 6. The molecule has 2 aliphatic rings. The van der Waals surface area contributed by atoms with Gasteiger partial charge in [-0.1, -0.05) is 36.4 Å². The minimum atomic E-state index is -4.57. The predicted molar refractivity (Wildman–Crippen MR) is 142 cm³/mol. The van der Waals surface area contributed by atoms with Gasteiger partial charge in [0.25, 0.3) is 5.91 Å². The van der Waals surface area contributed by atoms with Crippen LogP contribution in [0, 0.1) is 13.8 Å². The van der Waals surface area contributed by atoms with Crippen LogP contribution in [-0.4, -0.2) is 50.9 Å². The van der Waals surface area contributed by atoms with Gasteiger partial charge in [-0.3, -0.25) is 19.1 Å². The van der Waals surface area contributed by atoms with Crippen LogP contribution in [0.25, 0.3) is 0 Å². The Morgan fingerprint density at radius 2 is 1.93 bits per heavy atom. The largest absolute Gasteiger partial charge is 0.435 e. The van der Waals surface area contributed by atoms with E-state index in [1.54, 1.807) is 11.0 Å². The van der Waals surface area contributed by atoms with E-state index < -0.39 is 23.3 Å². The lowest BCUT2D eigenvalue weighted by molar-refractivity contribution is -0.142. The summed E-state index contributed by atoms with van der Waals surface area (Å²) in [5.41, 5.74) is -0.0298. The summed E-state index contributed by atoms with van der Waals surface area (Å²) in [4.78, 5) is 45.3. The first kappa shape index (κ1) is 27.8. The van der Waals surface area contributed by atoms with E-state index in [4.69, 9.17) is 0 Å². The first-order valence-electron chi connectivity index (χ1n) is 12.9. The molecule has 3 heterocycles. The Bertz CT molecular complexity index is 1490. The van der Waals surface area contributed by atoms with Gasteiger partial charge in [-0.05, 0) is 50.3 Å². The van der Waals surface area contributed by atoms with Crippen LogP contribution in [0.1, 0.15) is 61.6 Å². The fourth-order valence-electron chi connectivity index (χ4n) is 5.27. The zero-order valence-corrected chi connectivity index (χ0v) is 22.8. The number of fused-ring (bicyclic) bond motifs is 1. The highest BCUT2D eigenvalue weighted by Gasteiger charge is 2.37. The number of carbonyl (C=O) groups is 3. The highest BCUT2D eigenvalue weighted by Crippen LogP contribution is 2.34. The monoisotopic (exact) mass is 571 g/mol.